The van der Waals surface area contributed by atoms with Crippen molar-refractivity contribution >= 4 is 10.8 Å². The highest BCUT2D eigenvalue weighted by atomic mass is 32.2. The molecule has 0 amide bonds. The van der Waals surface area contributed by atoms with E-state index in [-0.39, 0.29) is 5.25 Å². The molecular weight excluding hydrogens is 300 g/mol. The molecule has 2 bridgehead atoms. The van der Waals surface area contributed by atoms with Crippen molar-refractivity contribution in [3.8, 4) is 11.1 Å². The molecule has 2 heteroatoms. The zero-order chi connectivity index (χ0) is 15.4. The van der Waals surface area contributed by atoms with Crippen molar-refractivity contribution in [1.29, 1.82) is 0 Å². The maximum atomic E-state index is 12.5. The first-order valence-electron chi connectivity index (χ1n) is 8.61. The monoisotopic (exact) mass is 320 g/mol. The van der Waals surface area contributed by atoms with Crippen molar-refractivity contribution in [1.82, 2.24) is 0 Å². The van der Waals surface area contributed by atoms with Gasteiger partial charge in [0.05, 0.1) is 5.25 Å². The number of hydrogen-bond donors (Lipinski definition) is 0. The van der Waals surface area contributed by atoms with E-state index in [1.54, 1.807) is 0 Å². The number of allylic oxidation sites excluding steroid dienone is 1. The summed E-state index contributed by atoms with van der Waals surface area (Å²) in [5, 5.41) is 0.672. The van der Waals surface area contributed by atoms with Gasteiger partial charge in [0, 0.05) is 22.0 Å². The molecule has 0 aromatic heterocycles. The van der Waals surface area contributed by atoms with Crippen LogP contribution >= 0.6 is 0 Å². The smallest absolute Gasteiger partial charge is 0.0533 e. The van der Waals surface area contributed by atoms with E-state index in [1.165, 1.54) is 34.2 Å². The second kappa shape index (κ2) is 5.17. The molecule has 1 fully saturated rings. The van der Waals surface area contributed by atoms with E-state index in [0.717, 1.165) is 19.3 Å². The van der Waals surface area contributed by atoms with Crippen molar-refractivity contribution < 1.29 is 4.21 Å². The van der Waals surface area contributed by atoms with E-state index in [1.807, 2.05) is 0 Å². The molecule has 5 rings (SSSR count). The molecule has 2 aliphatic heterocycles. The molecule has 3 atom stereocenters. The zero-order valence-corrected chi connectivity index (χ0v) is 13.9. The highest BCUT2D eigenvalue weighted by Crippen LogP contribution is 2.50. The molecule has 1 aliphatic carbocycles. The van der Waals surface area contributed by atoms with Gasteiger partial charge in [-0.2, -0.15) is 0 Å². The molecular formula is C21H20OS. The number of rotatable bonds is 1. The Morgan fingerprint density at radius 3 is 2.17 bits per heavy atom. The normalized spacial score (nSPS) is 28.9. The van der Waals surface area contributed by atoms with Crippen LogP contribution in [0, 0.1) is 0 Å². The van der Waals surface area contributed by atoms with Gasteiger partial charge in [-0.25, -0.2) is 0 Å². The van der Waals surface area contributed by atoms with Crippen LogP contribution in [0.5, 0.6) is 0 Å². The van der Waals surface area contributed by atoms with Gasteiger partial charge in [0.15, 0.2) is 0 Å². The second-order valence-corrected chi connectivity index (χ2v) is 8.90. The lowest BCUT2D eigenvalue weighted by Gasteiger charge is -2.35. The summed E-state index contributed by atoms with van der Waals surface area (Å²) in [4.78, 5) is 0. The van der Waals surface area contributed by atoms with Gasteiger partial charge in [0.2, 0.25) is 0 Å². The Hall–Kier alpha value is -1.67. The summed E-state index contributed by atoms with van der Waals surface area (Å²) in [6, 6.07) is 17.6. The molecule has 23 heavy (non-hydrogen) atoms. The molecule has 0 saturated carbocycles. The standard InChI is InChI=1S/C21H20OS/c22-23-15-6-5-7-16(23)13-14(12-15)21-19-10-3-1-8-17(19)18-9-2-4-11-20(18)21/h1-4,8-12,15-16,21H,5-7,13H2. The topological polar surface area (TPSA) is 17.1 Å². The summed E-state index contributed by atoms with van der Waals surface area (Å²) in [7, 11) is -0.649. The number of fused-ring (bicyclic) bond motifs is 5. The Kier molecular flexibility index (Phi) is 3.09. The molecule has 116 valence electrons. The van der Waals surface area contributed by atoms with Gasteiger partial charge < -0.3 is 0 Å². The van der Waals surface area contributed by atoms with Crippen LogP contribution < -0.4 is 0 Å². The molecule has 1 saturated heterocycles. The van der Waals surface area contributed by atoms with Crippen LogP contribution in [0.4, 0.5) is 0 Å². The molecule has 3 unspecified atom stereocenters. The van der Waals surface area contributed by atoms with Crippen molar-refractivity contribution in [2.24, 2.45) is 0 Å². The third kappa shape index (κ3) is 2.01. The van der Waals surface area contributed by atoms with Gasteiger partial charge in [0.1, 0.15) is 0 Å². The van der Waals surface area contributed by atoms with Gasteiger partial charge in [-0.15, -0.1) is 0 Å². The molecule has 1 nitrogen and oxygen atoms in total. The SMILES string of the molecule is O=S1C2C=C(C3c4ccccc4-c4ccccc43)CC1CCC2. The lowest BCUT2D eigenvalue weighted by atomic mass is 9.83. The molecule has 0 spiro atoms. The Balaban J connectivity index is 1.68. The first-order chi connectivity index (χ1) is 11.3. The Bertz CT molecular complexity index is 790. The van der Waals surface area contributed by atoms with Gasteiger partial charge in [-0.1, -0.05) is 66.6 Å². The second-order valence-electron chi connectivity index (χ2n) is 6.97. The van der Waals surface area contributed by atoms with Crippen molar-refractivity contribution in [3.05, 3.63) is 71.3 Å². The average molecular weight is 320 g/mol. The molecule has 3 aliphatic rings. The first kappa shape index (κ1) is 13.7. The summed E-state index contributed by atoms with van der Waals surface area (Å²) in [5.74, 6) is 0.378. The summed E-state index contributed by atoms with van der Waals surface area (Å²) in [6.45, 7) is 0. The third-order valence-corrected chi connectivity index (χ3v) is 7.74. The fraction of sp³-hybridized carbons (Fsp3) is 0.333. The maximum Gasteiger partial charge on any atom is 0.0533 e. The largest absolute Gasteiger partial charge is 0.259 e. The van der Waals surface area contributed by atoms with E-state index >= 15 is 0 Å². The predicted octanol–water partition coefficient (Wildman–Crippen LogP) is 4.80. The van der Waals surface area contributed by atoms with E-state index in [0.29, 0.717) is 11.2 Å². The number of benzene rings is 2. The van der Waals surface area contributed by atoms with Gasteiger partial charge in [-0.05, 0) is 41.5 Å². The van der Waals surface area contributed by atoms with Crippen LogP contribution in [0.25, 0.3) is 11.1 Å². The molecule has 2 heterocycles. The number of hydrogen-bond acceptors (Lipinski definition) is 1. The third-order valence-electron chi connectivity index (χ3n) is 5.71. The van der Waals surface area contributed by atoms with E-state index in [9.17, 15) is 4.21 Å². The van der Waals surface area contributed by atoms with Crippen LogP contribution in [-0.2, 0) is 10.8 Å². The first-order valence-corrected chi connectivity index (χ1v) is 9.89. The average Bonchev–Trinajstić information content (AvgIpc) is 2.89. The van der Waals surface area contributed by atoms with Crippen LogP contribution in [0.2, 0.25) is 0 Å². The summed E-state index contributed by atoms with van der Waals surface area (Å²) in [5.41, 5.74) is 7.14. The predicted molar refractivity (Wildman–Crippen MR) is 96.0 cm³/mol. The lowest BCUT2D eigenvalue weighted by Crippen LogP contribution is -2.35. The quantitative estimate of drug-likeness (QED) is 0.690. The zero-order valence-electron chi connectivity index (χ0n) is 13.1. The highest BCUT2D eigenvalue weighted by Gasteiger charge is 2.38. The van der Waals surface area contributed by atoms with E-state index < -0.39 is 10.8 Å². The Morgan fingerprint density at radius 2 is 1.52 bits per heavy atom. The summed E-state index contributed by atoms with van der Waals surface area (Å²) in [6.07, 6.45) is 6.85. The van der Waals surface area contributed by atoms with E-state index in [2.05, 4.69) is 54.6 Å². The summed E-state index contributed by atoms with van der Waals surface area (Å²) < 4.78 is 12.5. The highest BCUT2D eigenvalue weighted by molar-refractivity contribution is 7.86. The molecule has 0 N–H and O–H groups in total. The van der Waals surface area contributed by atoms with Gasteiger partial charge in [0.25, 0.3) is 0 Å². The van der Waals surface area contributed by atoms with Crippen LogP contribution in [0.3, 0.4) is 0 Å². The van der Waals surface area contributed by atoms with Crippen LogP contribution in [0.15, 0.2) is 60.2 Å². The minimum atomic E-state index is -0.649. The van der Waals surface area contributed by atoms with Crippen LogP contribution in [-0.4, -0.2) is 14.7 Å². The lowest BCUT2D eigenvalue weighted by molar-refractivity contribution is 0.559. The van der Waals surface area contributed by atoms with Crippen molar-refractivity contribution in [2.75, 3.05) is 0 Å². The van der Waals surface area contributed by atoms with Crippen molar-refractivity contribution in [2.45, 2.75) is 42.1 Å². The molecule has 2 aromatic rings. The Morgan fingerprint density at radius 1 is 0.870 bits per heavy atom. The van der Waals surface area contributed by atoms with Gasteiger partial charge >= 0.3 is 0 Å². The molecule has 0 radical (unpaired) electrons. The molecule has 2 aromatic carbocycles. The minimum Gasteiger partial charge on any atom is -0.259 e. The Labute approximate surface area is 139 Å². The summed E-state index contributed by atoms with van der Waals surface area (Å²) >= 11 is 0. The minimum absolute atomic E-state index is 0.289. The van der Waals surface area contributed by atoms with E-state index in [4.69, 9.17) is 0 Å². The maximum absolute atomic E-state index is 12.5. The fourth-order valence-electron chi connectivity index (χ4n) is 4.70. The van der Waals surface area contributed by atoms with Gasteiger partial charge in [-0.3, -0.25) is 4.21 Å². The van der Waals surface area contributed by atoms with Crippen molar-refractivity contribution in [3.63, 3.8) is 0 Å². The van der Waals surface area contributed by atoms with Crippen LogP contribution in [0.1, 0.15) is 42.7 Å². The fourth-order valence-corrected chi connectivity index (χ4v) is 6.66.